The fourth-order valence-electron chi connectivity index (χ4n) is 3.10. The van der Waals surface area contributed by atoms with E-state index in [4.69, 9.17) is 9.47 Å². The zero-order valence-electron chi connectivity index (χ0n) is 15.7. The molecule has 0 radical (unpaired) electrons. The molecule has 0 aromatic heterocycles. The van der Waals surface area contributed by atoms with Crippen LogP contribution in [0, 0.1) is 0 Å². The van der Waals surface area contributed by atoms with Gasteiger partial charge in [-0.1, -0.05) is 0 Å². The summed E-state index contributed by atoms with van der Waals surface area (Å²) >= 11 is 0. The Hall–Kier alpha value is -4.53. The summed E-state index contributed by atoms with van der Waals surface area (Å²) in [4.78, 5) is 12.7. The van der Waals surface area contributed by atoms with E-state index >= 15 is 0 Å². The molecule has 0 saturated carbocycles. The molecule has 0 saturated heterocycles. The van der Waals surface area contributed by atoms with Gasteiger partial charge in [-0.2, -0.15) is 0 Å². The van der Waals surface area contributed by atoms with Crippen LogP contribution in [0.4, 0.5) is 0 Å². The number of allylic oxidation sites excluding steroid dienone is 1. The fourth-order valence-corrected chi connectivity index (χ4v) is 3.10. The minimum absolute atomic E-state index is 0.00349. The molecule has 0 amide bonds. The first-order valence-electron chi connectivity index (χ1n) is 8.95. The number of phenols is 6. The van der Waals surface area contributed by atoms with E-state index in [9.17, 15) is 35.4 Å². The Kier molecular flexibility index (Phi) is 4.70. The molecule has 0 bridgehead atoms. The number of rotatable bonds is 3. The van der Waals surface area contributed by atoms with Crippen molar-refractivity contribution in [2.45, 2.75) is 6.42 Å². The summed E-state index contributed by atoms with van der Waals surface area (Å²) in [7, 11) is 0. The van der Waals surface area contributed by atoms with E-state index in [0.717, 1.165) is 18.2 Å². The van der Waals surface area contributed by atoms with Gasteiger partial charge >= 0.3 is 5.97 Å². The molecule has 9 heteroatoms. The number of ether oxygens (including phenoxy) is 2. The maximum atomic E-state index is 12.7. The fraction of sp³-hybridized carbons (Fsp3) is 0.0455. The number of hydrogen-bond acceptors (Lipinski definition) is 9. The lowest BCUT2D eigenvalue weighted by atomic mass is 10.0. The average Bonchev–Trinajstić information content (AvgIpc) is 2.72. The number of phenolic OH excluding ortho intramolecular Hbond substituents is 6. The highest BCUT2D eigenvalue weighted by atomic mass is 16.6. The molecule has 31 heavy (non-hydrogen) atoms. The molecule has 1 aliphatic heterocycles. The van der Waals surface area contributed by atoms with Gasteiger partial charge in [-0.25, -0.2) is 4.79 Å². The summed E-state index contributed by atoms with van der Waals surface area (Å²) < 4.78 is 11.2. The summed E-state index contributed by atoms with van der Waals surface area (Å²) in [5.74, 6) is -3.41. The molecule has 4 rings (SSSR count). The minimum atomic E-state index is -0.970. The molecule has 6 N–H and O–H groups in total. The Balaban J connectivity index is 1.77. The minimum Gasteiger partial charge on any atom is -0.508 e. The van der Waals surface area contributed by atoms with Gasteiger partial charge in [0.05, 0.1) is 5.56 Å². The van der Waals surface area contributed by atoms with Gasteiger partial charge in [-0.3, -0.25) is 0 Å². The predicted octanol–water partition coefficient (Wildman–Crippen LogP) is 3.08. The largest absolute Gasteiger partial charge is 0.508 e. The van der Waals surface area contributed by atoms with Crippen LogP contribution in [0.1, 0.15) is 21.5 Å². The van der Waals surface area contributed by atoms with Crippen molar-refractivity contribution in [1.82, 2.24) is 0 Å². The zero-order chi connectivity index (χ0) is 22.3. The third-order valence-corrected chi connectivity index (χ3v) is 4.62. The van der Waals surface area contributed by atoms with Gasteiger partial charge in [-0.15, -0.1) is 0 Å². The van der Waals surface area contributed by atoms with E-state index in [1.54, 1.807) is 0 Å². The summed E-state index contributed by atoms with van der Waals surface area (Å²) in [5.41, 5.74) is 0.455. The van der Waals surface area contributed by atoms with E-state index in [-0.39, 0.29) is 52.1 Å². The summed E-state index contributed by atoms with van der Waals surface area (Å²) in [6.45, 7) is 0. The van der Waals surface area contributed by atoms with Crippen LogP contribution >= 0.6 is 0 Å². The highest BCUT2D eigenvalue weighted by Gasteiger charge is 2.28. The predicted molar refractivity (Wildman–Crippen MR) is 106 cm³/mol. The Morgan fingerprint density at radius 1 is 0.806 bits per heavy atom. The first-order valence-corrected chi connectivity index (χ1v) is 8.95. The molecule has 0 aliphatic carbocycles. The molecule has 158 valence electrons. The third kappa shape index (κ3) is 3.71. The van der Waals surface area contributed by atoms with E-state index in [0.29, 0.717) is 5.56 Å². The lowest BCUT2D eigenvalue weighted by Crippen LogP contribution is -2.15. The molecule has 3 aromatic carbocycles. The number of fused-ring (bicyclic) bond motifs is 1. The van der Waals surface area contributed by atoms with E-state index in [2.05, 4.69) is 0 Å². The van der Waals surface area contributed by atoms with Gasteiger partial charge in [-0.05, 0) is 36.4 Å². The van der Waals surface area contributed by atoms with Gasteiger partial charge in [0.15, 0.2) is 28.8 Å². The van der Waals surface area contributed by atoms with Crippen molar-refractivity contribution in [3.05, 3.63) is 71.0 Å². The first kappa shape index (κ1) is 19.8. The molecule has 1 heterocycles. The number of aromatic hydroxyl groups is 6. The third-order valence-electron chi connectivity index (χ3n) is 4.62. The summed E-state index contributed by atoms with van der Waals surface area (Å²) in [6.07, 6.45) is -0.0839. The van der Waals surface area contributed by atoms with Crippen LogP contribution in [0.5, 0.6) is 40.2 Å². The molecule has 9 nitrogen and oxygen atoms in total. The molecule has 3 aromatic rings. The first-order chi connectivity index (χ1) is 14.7. The Morgan fingerprint density at radius 2 is 1.45 bits per heavy atom. The van der Waals surface area contributed by atoms with Crippen LogP contribution in [0.3, 0.4) is 0 Å². The summed E-state index contributed by atoms with van der Waals surface area (Å²) in [6, 6.07) is 10.1. The smallest absolute Gasteiger partial charge is 0.343 e. The van der Waals surface area contributed by atoms with Crippen LogP contribution in [0.25, 0.3) is 5.76 Å². The molecular weight excluding hydrogens is 408 g/mol. The Morgan fingerprint density at radius 3 is 2.10 bits per heavy atom. The average molecular weight is 424 g/mol. The lowest BCUT2D eigenvalue weighted by molar-refractivity contribution is 0.0609. The maximum Gasteiger partial charge on any atom is 0.343 e. The van der Waals surface area contributed by atoms with Crippen molar-refractivity contribution in [3.63, 3.8) is 0 Å². The molecule has 0 unspecified atom stereocenters. The van der Waals surface area contributed by atoms with Crippen molar-refractivity contribution < 1.29 is 44.9 Å². The number of carbonyl (C=O) groups excluding carboxylic acids is 1. The quantitative estimate of drug-likeness (QED) is 0.275. The standard InChI is InChI=1S/C22H16O9/c23-12-3-1-10(2-4-12)21-19(9-14-15(25)7-13(24)8-18(14)30-21)31-22(29)11-5-16(26)20(28)17(27)6-11/h1-8,23-28H,9H2. The SMILES string of the molecule is O=C(OC1=C(c2ccc(O)cc2)Oc2cc(O)cc(O)c2C1)c1cc(O)c(O)c(O)c1. The molecule has 0 atom stereocenters. The summed E-state index contributed by atoms with van der Waals surface area (Å²) in [5, 5.41) is 58.2. The second-order valence-corrected chi connectivity index (χ2v) is 6.77. The number of hydrogen-bond donors (Lipinski definition) is 6. The van der Waals surface area contributed by atoms with Crippen molar-refractivity contribution in [3.8, 4) is 40.2 Å². The number of benzene rings is 3. The highest BCUT2D eigenvalue weighted by Crippen LogP contribution is 2.42. The highest BCUT2D eigenvalue weighted by molar-refractivity contribution is 5.92. The van der Waals surface area contributed by atoms with Gasteiger partial charge in [0.2, 0.25) is 0 Å². The molecule has 1 aliphatic rings. The van der Waals surface area contributed by atoms with Crippen LogP contribution in [0.2, 0.25) is 0 Å². The van der Waals surface area contributed by atoms with Gasteiger partial charge in [0.25, 0.3) is 0 Å². The van der Waals surface area contributed by atoms with Crippen LogP contribution in [0.15, 0.2) is 54.3 Å². The van der Waals surface area contributed by atoms with Crippen LogP contribution in [-0.4, -0.2) is 36.6 Å². The Bertz CT molecular complexity index is 1200. The van der Waals surface area contributed by atoms with Crippen LogP contribution in [-0.2, 0) is 11.2 Å². The normalized spacial score (nSPS) is 12.8. The van der Waals surface area contributed by atoms with Gasteiger partial charge in [0, 0.05) is 29.7 Å². The van der Waals surface area contributed by atoms with E-state index in [1.807, 2.05) is 0 Å². The molecular formula is C22H16O9. The van der Waals surface area contributed by atoms with E-state index < -0.39 is 23.2 Å². The van der Waals surface area contributed by atoms with Crippen molar-refractivity contribution in [1.29, 1.82) is 0 Å². The van der Waals surface area contributed by atoms with Gasteiger partial charge < -0.3 is 40.1 Å². The molecule has 0 fully saturated rings. The number of carbonyl (C=O) groups is 1. The second-order valence-electron chi connectivity index (χ2n) is 6.77. The number of esters is 1. The second kappa shape index (κ2) is 7.38. The maximum absolute atomic E-state index is 12.7. The van der Waals surface area contributed by atoms with Gasteiger partial charge in [0.1, 0.15) is 23.0 Å². The topological polar surface area (TPSA) is 157 Å². The van der Waals surface area contributed by atoms with E-state index in [1.165, 1.54) is 30.3 Å². The van der Waals surface area contributed by atoms with Crippen molar-refractivity contribution in [2.75, 3.05) is 0 Å². The zero-order valence-corrected chi connectivity index (χ0v) is 15.7. The van der Waals surface area contributed by atoms with Crippen molar-refractivity contribution >= 4 is 11.7 Å². The van der Waals surface area contributed by atoms with Crippen LogP contribution < -0.4 is 4.74 Å². The van der Waals surface area contributed by atoms with Crippen molar-refractivity contribution in [2.24, 2.45) is 0 Å². The monoisotopic (exact) mass is 424 g/mol. The lowest BCUT2D eigenvalue weighted by Gasteiger charge is -2.24. The molecule has 0 spiro atoms. The Labute approximate surface area is 174 Å².